The molecule has 10 heteroatoms. The van der Waals surface area contributed by atoms with Crippen LogP contribution in [0.4, 0.5) is 5.69 Å². The molecule has 0 heterocycles. The quantitative estimate of drug-likeness (QED) is 0.283. The molecule has 0 spiro atoms. The Morgan fingerprint density at radius 2 is 1.63 bits per heavy atom. The van der Waals surface area contributed by atoms with Gasteiger partial charge in [0.05, 0.1) is 22.2 Å². The summed E-state index contributed by atoms with van der Waals surface area (Å²) in [5.41, 5.74) is 3.14. The Bertz CT molecular complexity index is 1480. The molecule has 3 aromatic carbocycles. The fourth-order valence-electron chi connectivity index (χ4n) is 4.22. The van der Waals surface area contributed by atoms with Crippen LogP contribution >= 0.6 is 15.9 Å². The average molecular weight is 645 g/mol. The van der Waals surface area contributed by atoms with E-state index in [0.29, 0.717) is 22.5 Å². The highest BCUT2D eigenvalue weighted by Gasteiger charge is 2.33. The number of ether oxygens (including phenoxy) is 1. The molecule has 0 fully saturated rings. The zero-order chi connectivity index (χ0) is 30.3. The summed E-state index contributed by atoms with van der Waals surface area (Å²) in [5.74, 6) is -0.0931. The third kappa shape index (κ3) is 8.33. The Morgan fingerprint density at radius 3 is 2.22 bits per heavy atom. The number of rotatable bonds is 12. The number of aryl methyl sites for hydroxylation is 2. The number of halogens is 1. The zero-order valence-electron chi connectivity index (χ0n) is 24.3. The number of hydrogen-bond acceptors (Lipinski definition) is 5. The second-order valence-corrected chi connectivity index (χ2v) is 13.2. The summed E-state index contributed by atoms with van der Waals surface area (Å²) >= 11 is 3.36. The summed E-state index contributed by atoms with van der Waals surface area (Å²) in [6.45, 7) is 9.60. The SMILES string of the molecule is COc1ccc(S(=O)(=O)N(CC(=O)N(Cc2cccc(C)c2)C(C)C(=O)NCC(C)C)c2ccc(C)cc2)cc1Br. The predicted molar refractivity (Wildman–Crippen MR) is 165 cm³/mol. The van der Waals surface area contributed by atoms with Gasteiger partial charge in [-0.15, -0.1) is 0 Å². The maximum Gasteiger partial charge on any atom is 0.264 e. The minimum atomic E-state index is -4.19. The van der Waals surface area contributed by atoms with E-state index in [2.05, 4.69) is 21.2 Å². The van der Waals surface area contributed by atoms with Gasteiger partial charge in [-0.05, 0) is 78.5 Å². The summed E-state index contributed by atoms with van der Waals surface area (Å²) in [4.78, 5) is 28.6. The number of carbonyl (C=O) groups excluding carboxylic acids is 2. The lowest BCUT2D eigenvalue weighted by Crippen LogP contribution is -2.51. The first-order valence-corrected chi connectivity index (χ1v) is 15.6. The maximum absolute atomic E-state index is 14.0. The maximum atomic E-state index is 14.0. The van der Waals surface area contributed by atoms with Gasteiger partial charge in [0.15, 0.2) is 0 Å². The highest BCUT2D eigenvalue weighted by molar-refractivity contribution is 9.10. The van der Waals surface area contributed by atoms with Gasteiger partial charge in [-0.1, -0.05) is 61.4 Å². The number of nitrogens with zero attached hydrogens (tertiary/aromatic N) is 2. The number of hydrogen-bond donors (Lipinski definition) is 1. The van der Waals surface area contributed by atoms with Crippen molar-refractivity contribution in [3.8, 4) is 5.75 Å². The summed E-state index contributed by atoms with van der Waals surface area (Å²) in [5, 5.41) is 2.90. The predicted octanol–water partition coefficient (Wildman–Crippen LogP) is 5.46. The summed E-state index contributed by atoms with van der Waals surface area (Å²) in [6.07, 6.45) is 0. The van der Waals surface area contributed by atoms with Gasteiger partial charge >= 0.3 is 0 Å². The van der Waals surface area contributed by atoms with Gasteiger partial charge in [-0.3, -0.25) is 13.9 Å². The first-order chi connectivity index (χ1) is 19.3. The normalized spacial score (nSPS) is 12.1. The molecular weight excluding hydrogens is 606 g/mol. The van der Waals surface area contributed by atoms with Crippen LogP contribution in [0.25, 0.3) is 0 Å². The zero-order valence-corrected chi connectivity index (χ0v) is 26.8. The molecule has 3 aromatic rings. The smallest absolute Gasteiger partial charge is 0.264 e. The Morgan fingerprint density at radius 1 is 0.951 bits per heavy atom. The minimum absolute atomic E-state index is 0.00786. The van der Waals surface area contributed by atoms with Crippen LogP contribution in [0.5, 0.6) is 5.75 Å². The van der Waals surface area contributed by atoms with Gasteiger partial charge in [-0.25, -0.2) is 8.42 Å². The lowest BCUT2D eigenvalue weighted by molar-refractivity contribution is -0.139. The van der Waals surface area contributed by atoms with E-state index < -0.39 is 28.5 Å². The number of nitrogens with one attached hydrogen (secondary N) is 1. The Balaban J connectivity index is 2.04. The Kier molecular flexibility index (Phi) is 11.0. The van der Waals surface area contributed by atoms with Crippen LogP contribution < -0.4 is 14.4 Å². The van der Waals surface area contributed by atoms with E-state index in [4.69, 9.17) is 4.74 Å². The molecule has 1 atom stereocenters. The molecule has 1 N–H and O–H groups in total. The molecule has 0 saturated heterocycles. The van der Waals surface area contributed by atoms with Crippen LogP contribution in [0, 0.1) is 19.8 Å². The van der Waals surface area contributed by atoms with E-state index >= 15 is 0 Å². The van der Waals surface area contributed by atoms with E-state index in [1.807, 2.05) is 52.0 Å². The molecule has 0 bridgehead atoms. The number of amides is 2. The molecule has 2 amide bonds. The molecule has 0 saturated carbocycles. The fourth-order valence-corrected chi connectivity index (χ4v) is 6.35. The first kappa shape index (κ1) is 32.1. The number of anilines is 1. The van der Waals surface area contributed by atoms with E-state index in [1.54, 1.807) is 37.3 Å². The van der Waals surface area contributed by atoms with Crippen molar-refractivity contribution in [2.75, 3.05) is 24.5 Å². The molecule has 3 rings (SSSR count). The first-order valence-electron chi connectivity index (χ1n) is 13.4. The van der Waals surface area contributed by atoms with Gasteiger partial charge in [0.25, 0.3) is 10.0 Å². The lowest BCUT2D eigenvalue weighted by atomic mass is 10.1. The van der Waals surface area contributed by atoms with Crippen molar-refractivity contribution >= 4 is 43.5 Å². The summed E-state index contributed by atoms with van der Waals surface area (Å²) in [6, 6.07) is 18.2. The van der Waals surface area contributed by atoms with E-state index in [-0.39, 0.29) is 23.3 Å². The largest absolute Gasteiger partial charge is 0.496 e. The minimum Gasteiger partial charge on any atom is -0.496 e. The van der Waals surface area contributed by atoms with Gasteiger partial charge in [0.2, 0.25) is 11.8 Å². The third-order valence-electron chi connectivity index (χ3n) is 6.60. The van der Waals surface area contributed by atoms with Crippen LogP contribution in [0.1, 0.15) is 37.5 Å². The van der Waals surface area contributed by atoms with Gasteiger partial charge in [-0.2, -0.15) is 0 Å². The van der Waals surface area contributed by atoms with Crippen LogP contribution in [-0.4, -0.2) is 51.4 Å². The second-order valence-electron chi connectivity index (χ2n) is 10.5. The van der Waals surface area contributed by atoms with E-state index in [9.17, 15) is 18.0 Å². The van der Waals surface area contributed by atoms with Crippen LogP contribution in [0.3, 0.4) is 0 Å². The summed E-state index contributed by atoms with van der Waals surface area (Å²) < 4.78 is 34.9. The van der Waals surface area contributed by atoms with Crippen molar-refractivity contribution in [1.82, 2.24) is 10.2 Å². The Labute approximate surface area is 251 Å². The molecule has 0 aliphatic heterocycles. The highest BCUT2D eigenvalue weighted by Crippen LogP contribution is 2.31. The lowest BCUT2D eigenvalue weighted by Gasteiger charge is -2.32. The van der Waals surface area contributed by atoms with Crippen LogP contribution in [-0.2, 0) is 26.2 Å². The van der Waals surface area contributed by atoms with E-state index in [0.717, 1.165) is 21.0 Å². The van der Waals surface area contributed by atoms with Crippen molar-refractivity contribution in [3.05, 3.63) is 87.9 Å². The van der Waals surface area contributed by atoms with Crippen molar-refractivity contribution in [3.63, 3.8) is 0 Å². The Hall–Kier alpha value is -3.37. The topological polar surface area (TPSA) is 96.0 Å². The van der Waals surface area contributed by atoms with Crippen LogP contribution in [0.15, 0.2) is 76.1 Å². The number of sulfonamides is 1. The average Bonchev–Trinajstić information content (AvgIpc) is 2.93. The number of carbonyl (C=O) groups is 2. The molecule has 0 radical (unpaired) electrons. The van der Waals surface area contributed by atoms with Crippen molar-refractivity contribution in [1.29, 1.82) is 0 Å². The summed E-state index contributed by atoms with van der Waals surface area (Å²) in [7, 11) is -2.70. The molecule has 1 unspecified atom stereocenters. The molecule has 0 aliphatic carbocycles. The van der Waals surface area contributed by atoms with Gasteiger partial charge < -0.3 is 15.0 Å². The molecule has 41 heavy (non-hydrogen) atoms. The fraction of sp³-hybridized carbons (Fsp3) is 0.355. The number of benzene rings is 3. The molecule has 0 aliphatic rings. The molecule has 0 aromatic heterocycles. The van der Waals surface area contributed by atoms with Crippen molar-refractivity contribution in [2.45, 2.75) is 52.1 Å². The third-order valence-corrected chi connectivity index (χ3v) is 8.99. The standard InChI is InChI=1S/C31H38BrN3O5S/c1-21(2)18-33-31(37)24(5)34(19-25-9-7-8-23(4)16-25)30(36)20-35(26-12-10-22(3)11-13-26)41(38,39)27-14-15-29(40-6)28(32)17-27/h7-17,21,24H,18-20H2,1-6H3,(H,33,37). The van der Waals surface area contributed by atoms with Crippen LogP contribution in [0.2, 0.25) is 0 Å². The number of methoxy groups -OCH3 is 1. The molecular formula is C31H38BrN3O5S. The second kappa shape index (κ2) is 14.0. The van der Waals surface area contributed by atoms with Gasteiger partial charge in [0, 0.05) is 13.1 Å². The van der Waals surface area contributed by atoms with Crippen molar-refractivity contribution in [2.24, 2.45) is 5.92 Å². The molecule has 8 nitrogen and oxygen atoms in total. The van der Waals surface area contributed by atoms with Crippen molar-refractivity contribution < 1.29 is 22.7 Å². The monoisotopic (exact) mass is 643 g/mol. The van der Waals surface area contributed by atoms with E-state index in [1.165, 1.54) is 24.1 Å². The molecule has 220 valence electrons. The highest BCUT2D eigenvalue weighted by atomic mass is 79.9. The van der Waals surface area contributed by atoms with Gasteiger partial charge in [0.1, 0.15) is 18.3 Å².